The molecule has 0 saturated heterocycles. The van der Waals surface area contributed by atoms with Gasteiger partial charge in [-0.2, -0.15) is 0 Å². The van der Waals surface area contributed by atoms with E-state index in [2.05, 4.69) is 12.2 Å². The van der Waals surface area contributed by atoms with Gasteiger partial charge < -0.3 is 5.32 Å². The fraction of sp³-hybridized carbons (Fsp3) is 0.600. The summed E-state index contributed by atoms with van der Waals surface area (Å²) in [4.78, 5) is 0. The van der Waals surface area contributed by atoms with Crippen LogP contribution in [0.25, 0.3) is 0 Å². The third-order valence-corrected chi connectivity index (χ3v) is 3.90. The predicted molar refractivity (Wildman–Crippen MR) is 69.5 cm³/mol. The standard InChI is InChI=1S/C15H22FN/c1-12(14-4-2-3-5-14)17-11-10-13-6-8-15(16)9-7-13/h6-9,12,14,17H,2-5,10-11H2,1H3. The Kier molecular flexibility index (Phi) is 4.55. The van der Waals surface area contributed by atoms with E-state index in [0.29, 0.717) is 6.04 Å². The SMILES string of the molecule is CC(NCCc1ccc(F)cc1)C1CCCC1. The lowest BCUT2D eigenvalue weighted by molar-refractivity contribution is 0.384. The molecule has 0 bridgehead atoms. The van der Waals surface area contributed by atoms with E-state index in [-0.39, 0.29) is 5.82 Å². The zero-order valence-corrected chi connectivity index (χ0v) is 10.6. The van der Waals surface area contributed by atoms with Crippen LogP contribution in [0.5, 0.6) is 0 Å². The van der Waals surface area contributed by atoms with Crippen LogP contribution in [0.3, 0.4) is 0 Å². The number of hydrogen-bond donors (Lipinski definition) is 1. The van der Waals surface area contributed by atoms with Crippen molar-refractivity contribution in [3.05, 3.63) is 35.6 Å². The number of nitrogens with one attached hydrogen (secondary N) is 1. The smallest absolute Gasteiger partial charge is 0.123 e. The highest BCUT2D eigenvalue weighted by Gasteiger charge is 2.20. The second kappa shape index (κ2) is 6.15. The van der Waals surface area contributed by atoms with Crippen molar-refractivity contribution >= 4 is 0 Å². The number of hydrogen-bond acceptors (Lipinski definition) is 1. The minimum Gasteiger partial charge on any atom is -0.314 e. The van der Waals surface area contributed by atoms with Crippen LogP contribution in [-0.4, -0.2) is 12.6 Å². The molecule has 1 aromatic carbocycles. The van der Waals surface area contributed by atoms with Crippen molar-refractivity contribution in [1.29, 1.82) is 0 Å². The Labute approximate surface area is 103 Å². The van der Waals surface area contributed by atoms with Crippen LogP contribution in [0.4, 0.5) is 4.39 Å². The predicted octanol–water partition coefficient (Wildman–Crippen LogP) is 3.54. The highest BCUT2D eigenvalue weighted by molar-refractivity contribution is 5.16. The molecular weight excluding hydrogens is 213 g/mol. The summed E-state index contributed by atoms with van der Waals surface area (Å²) in [6.07, 6.45) is 6.54. The molecule has 1 fully saturated rings. The van der Waals surface area contributed by atoms with E-state index in [0.717, 1.165) is 18.9 Å². The molecule has 17 heavy (non-hydrogen) atoms. The molecule has 1 nitrogen and oxygen atoms in total. The molecular formula is C15H22FN. The Bertz CT molecular complexity index is 327. The molecule has 0 spiro atoms. The molecule has 1 aliphatic carbocycles. The van der Waals surface area contributed by atoms with Gasteiger partial charge in [0, 0.05) is 6.04 Å². The molecule has 2 rings (SSSR count). The number of halogens is 1. The van der Waals surface area contributed by atoms with Crippen molar-refractivity contribution in [1.82, 2.24) is 5.32 Å². The topological polar surface area (TPSA) is 12.0 Å². The summed E-state index contributed by atoms with van der Waals surface area (Å²) in [7, 11) is 0. The zero-order valence-electron chi connectivity index (χ0n) is 10.6. The normalized spacial score (nSPS) is 18.5. The number of rotatable bonds is 5. The van der Waals surface area contributed by atoms with Gasteiger partial charge in [-0.15, -0.1) is 0 Å². The first-order chi connectivity index (χ1) is 8.25. The maximum absolute atomic E-state index is 12.7. The summed E-state index contributed by atoms with van der Waals surface area (Å²) in [6.45, 7) is 3.28. The van der Waals surface area contributed by atoms with E-state index in [9.17, 15) is 4.39 Å². The van der Waals surface area contributed by atoms with E-state index in [1.807, 2.05) is 12.1 Å². The van der Waals surface area contributed by atoms with Crippen LogP contribution in [0.15, 0.2) is 24.3 Å². The van der Waals surface area contributed by atoms with Crippen LogP contribution in [0.1, 0.15) is 38.2 Å². The molecule has 1 N–H and O–H groups in total. The van der Waals surface area contributed by atoms with Gasteiger partial charge >= 0.3 is 0 Å². The second-order valence-corrected chi connectivity index (χ2v) is 5.16. The zero-order chi connectivity index (χ0) is 12.1. The molecule has 0 aromatic heterocycles. The van der Waals surface area contributed by atoms with Crippen molar-refractivity contribution in [2.24, 2.45) is 5.92 Å². The summed E-state index contributed by atoms with van der Waals surface area (Å²) in [5, 5.41) is 3.59. The van der Waals surface area contributed by atoms with Crippen LogP contribution < -0.4 is 5.32 Å². The quantitative estimate of drug-likeness (QED) is 0.823. The first-order valence-electron chi connectivity index (χ1n) is 6.73. The molecule has 1 atom stereocenters. The third-order valence-electron chi connectivity index (χ3n) is 3.90. The Morgan fingerprint density at radius 3 is 2.53 bits per heavy atom. The Hall–Kier alpha value is -0.890. The van der Waals surface area contributed by atoms with Crippen LogP contribution in [-0.2, 0) is 6.42 Å². The number of benzene rings is 1. The Morgan fingerprint density at radius 1 is 1.24 bits per heavy atom. The lowest BCUT2D eigenvalue weighted by atomic mass is 9.99. The summed E-state index contributed by atoms with van der Waals surface area (Å²) in [6, 6.07) is 7.44. The van der Waals surface area contributed by atoms with E-state index in [4.69, 9.17) is 0 Å². The van der Waals surface area contributed by atoms with E-state index < -0.39 is 0 Å². The van der Waals surface area contributed by atoms with Gasteiger partial charge in [0.2, 0.25) is 0 Å². The molecule has 1 aliphatic rings. The van der Waals surface area contributed by atoms with Crippen molar-refractivity contribution in [3.8, 4) is 0 Å². The van der Waals surface area contributed by atoms with Gasteiger partial charge in [-0.05, 0) is 56.3 Å². The van der Waals surface area contributed by atoms with Crippen LogP contribution >= 0.6 is 0 Å². The van der Waals surface area contributed by atoms with Crippen molar-refractivity contribution in [2.75, 3.05) is 6.54 Å². The molecule has 0 heterocycles. The van der Waals surface area contributed by atoms with Gasteiger partial charge in [0.05, 0.1) is 0 Å². The molecule has 1 aromatic rings. The lowest BCUT2D eigenvalue weighted by Crippen LogP contribution is -2.33. The van der Waals surface area contributed by atoms with Crippen LogP contribution in [0, 0.1) is 11.7 Å². The first-order valence-corrected chi connectivity index (χ1v) is 6.73. The van der Waals surface area contributed by atoms with Gasteiger partial charge in [-0.3, -0.25) is 0 Å². The molecule has 1 saturated carbocycles. The van der Waals surface area contributed by atoms with Gasteiger partial charge in [0.1, 0.15) is 5.82 Å². The van der Waals surface area contributed by atoms with Crippen LogP contribution in [0.2, 0.25) is 0 Å². The molecule has 2 heteroatoms. The monoisotopic (exact) mass is 235 g/mol. The van der Waals surface area contributed by atoms with Gasteiger partial charge in [-0.1, -0.05) is 25.0 Å². The van der Waals surface area contributed by atoms with Crippen molar-refractivity contribution in [2.45, 2.75) is 45.1 Å². The second-order valence-electron chi connectivity index (χ2n) is 5.16. The van der Waals surface area contributed by atoms with Gasteiger partial charge in [0.25, 0.3) is 0 Å². The molecule has 0 amide bonds. The summed E-state index contributed by atoms with van der Waals surface area (Å²) < 4.78 is 12.7. The highest BCUT2D eigenvalue weighted by Crippen LogP contribution is 2.27. The van der Waals surface area contributed by atoms with Gasteiger partial charge in [-0.25, -0.2) is 4.39 Å². The third kappa shape index (κ3) is 3.81. The molecule has 94 valence electrons. The fourth-order valence-electron chi connectivity index (χ4n) is 2.72. The average molecular weight is 235 g/mol. The van der Waals surface area contributed by atoms with Crippen molar-refractivity contribution < 1.29 is 4.39 Å². The minimum atomic E-state index is -0.152. The summed E-state index contributed by atoms with van der Waals surface area (Å²) in [5.41, 5.74) is 1.21. The largest absolute Gasteiger partial charge is 0.314 e. The fourth-order valence-corrected chi connectivity index (χ4v) is 2.72. The van der Waals surface area contributed by atoms with E-state index in [1.54, 1.807) is 0 Å². The molecule has 1 unspecified atom stereocenters. The highest BCUT2D eigenvalue weighted by atomic mass is 19.1. The maximum atomic E-state index is 12.7. The minimum absolute atomic E-state index is 0.152. The average Bonchev–Trinajstić information content (AvgIpc) is 2.85. The Morgan fingerprint density at radius 2 is 1.88 bits per heavy atom. The Balaban J connectivity index is 1.70. The molecule has 0 aliphatic heterocycles. The van der Waals surface area contributed by atoms with E-state index in [1.165, 1.54) is 43.4 Å². The molecule has 0 radical (unpaired) electrons. The van der Waals surface area contributed by atoms with E-state index >= 15 is 0 Å². The summed E-state index contributed by atoms with van der Waals surface area (Å²) >= 11 is 0. The summed E-state index contributed by atoms with van der Waals surface area (Å²) in [5.74, 6) is 0.712. The maximum Gasteiger partial charge on any atom is 0.123 e. The van der Waals surface area contributed by atoms with Gasteiger partial charge in [0.15, 0.2) is 0 Å². The lowest BCUT2D eigenvalue weighted by Gasteiger charge is -2.20. The first kappa shape index (κ1) is 12.6. The van der Waals surface area contributed by atoms with Crippen molar-refractivity contribution in [3.63, 3.8) is 0 Å².